The molecule has 0 aliphatic carbocycles. The van der Waals surface area contributed by atoms with Crippen molar-refractivity contribution >= 4 is 11.6 Å². The van der Waals surface area contributed by atoms with Crippen LogP contribution in [0.3, 0.4) is 0 Å². The lowest BCUT2D eigenvalue weighted by Crippen LogP contribution is -2.23. The van der Waals surface area contributed by atoms with Crippen molar-refractivity contribution in [2.45, 2.75) is 26.7 Å². The molecule has 0 spiro atoms. The van der Waals surface area contributed by atoms with E-state index in [9.17, 15) is 4.39 Å². The molecule has 0 amide bonds. The van der Waals surface area contributed by atoms with Gasteiger partial charge in [0.1, 0.15) is 11.6 Å². The molecule has 0 bridgehead atoms. The van der Waals surface area contributed by atoms with Crippen LogP contribution in [0.2, 0.25) is 5.02 Å². The van der Waals surface area contributed by atoms with Crippen LogP contribution in [0, 0.1) is 11.2 Å². The molecular weight excluding hydrogens is 241 g/mol. The molecule has 0 radical (unpaired) electrons. The second-order valence-electron chi connectivity index (χ2n) is 4.90. The van der Waals surface area contributed by atoms with E-state index < -0.39 is 0 Å². The molecule has 2 N–H and O–H groups in total. The third kappa shape index (κ3) is 4.92. The smallest absolute Gasteiger partial charge is 0.138 e. The van der Waals surface area contributed by atoms with Crippen LogP contribution in [0.4, 0.5) is 4.39 Å². The fourth-order valence-electron chi connectivity index (χ4n) is 1.43. The molecule has 1 rings (SSSR count). The van der Waals surface area contributed by atoms with Crippen LogP contribution < -0.4 is 10.5 Å². The molecule has 2 nitrogen and oxygen atoms in total. The molecule has 0 unspecified atom stereocenters. The molecule has 0 heterocycles. The molecule has 0 saturated heterocycles. The van der Waals surface area contributed by atoms with E-state index in [-0.39, 0.29) is 11.2 Å². The summed E-state index contributed by atoms with van der Waals surface area (Å²) in [5, 5.41) is 0.308. The Hall–Kier alpha value is -0.800. The number of halogens is 2. The zero-order chi connectivity index (χ0) is 12.9. The van der Waals surface area contributed by atoms with Gasteiger partial charge < -0.3 is 10.5 Å². The predicted molar refractivity (Wildman–Crippen MR) is 69.0 cm³/mol. The van der Waals surface area contributed by atoms with E-state index in [2.05, 4.69) is 13.8 Å². The number of hydrogen-bond donors (Lipinski definition) is 1. The molecule has 0 saturated carbocycles. The Morgan fingerprint density at radius 3 is 2.71 bits per heavy atom. The number of ether oxygens (including phenoxy) is 1. The van der Waals surface area contributed by atoms with Crippen LogP contribution in [-0.4, -0.2) is 13.2 Å². The molecule has 0 aromatic heterocycles. The fourth-order valence-corrected chi connectivity index (χ4v) is 1.65. The molecule has 4 heteroatoms. The van der Waals surface area contributed by atoms with Gasteiger partial charge in [0.15, 0.2) is 0 Å². The monoisotopic (exact) mass is 259 g/mol. The lowest BCUT2D eigenvalue weighted by Gasteiger charge is -2.21. The first-order valence-electron chi connectivity index (χ1n) is 5.72. The summed E-state index contributed by atoms with van der Waals surface area (Å²) >= 11 is 5.84. The Morgan fingerprint density at radius 1 is 1.41 bits per heavy atom. The Labute approximate surface area is 107 Å². The van der Waals surface area contributed by atoms with E-state index >= 15 is 0 Å². The molecule has 17 heavy (non-hydrogen) atoms. The number of nitrogens with two attached hydrogens (primary N) is 1. The molecule has 0 aliphatic rings. The van der Waals surface area contributed by atoms with Crippen molar-refractivity contribution in [3.05, 3.63) is 29.0 Å². The fraction of sp³-hybridized carbons (Fsp3) is 0.538. The van der Waals surface area contributed by atoms with Gasteiger partial charge in [0, 0.05) is 0 Å². The van der Waals surface area contributed by atoms with Crippen LogP contribution in [0.1, 0.15) is 26.7 Å². The largest absolute Gasteiger partial charge is 0.492 e. The Bertz CT molecular complexity index is 368. The van der Waals surface area contributed by atoms with Gasteiger partial charge in [-0.2, -0.15) is 0 Å². The summed E-state index contributed by atoms with van der Waals surface area (Å²) in [5.74, 6) is 0.172. The zero-order valence-electron chi connectivity index (χ0n) is 10.3. The summed E-state index contributed by atoms with van der Waals surface area (Å²) in [5.41, 5.74) is 5.77. The van der Waals surface area contributed by atoms with Crippen LogP contribution >= 0.6 is 11.6 Å². The van der Waals surface area contributed by atoms with Gasteiger partial charge in [-0.1, -0.05) is 25.4 Å². The second kappa shape index (κ2) is 6.22. The van der Waals surface area contributed by atoms with Crippen LogP contribution in [0.5, 0.6) is 5.75 Å². The molecule has 1 aromatic rings. The third-order valence-corrected chi connectivity index (χ3v) is 3.00. The van der Waals surface area contributed by atoms with Crippen molar-refractivity contribution < 1.29 is 9.13 Å². The predicted octanol–water partition coefficient (Wildman–Crippen LogP) is 3.62. The van der Waals surface area contributed by atoms with E-state index in [0.29, 0.717) is 23.9 Å². The highest BCUT2D eigenvalue weighted by atomic mass is 35.5. The van der Waals surface area contributed by atoms with Crippen LogP contribution in [-0.2, 0) is 0 Å². The van der Waals surface area contributed by atoms with E-state index in [1.165, 1.54) is 12.1 Å². The van der Waals surface area contributed by atoms with Crippen molar-refractivity contribution in [3.8, 4) is 5.75 Å². The lowest BCUT2D eigenvalue weighted by molar-refractivity contribution is 0.261. The maximum atomic E-state index is 12.8. The Balaban J connectivity index is 2.36. The maximum absolute atomic E-state index is 12.8. The molecule has 0 fully saturated rings. The SMILES string of the molecule is CC(C)(CN)CCCOc1ccc(F)cc1Cl. The van der Waals surface area contributed by atoms with Gasteiger partial charge >= 0.3 is 0 Å². The Morgan fingerprint density at radius 2 is 2.12 bits per heavy atom. The van der Waals surface area contributed by atoms with E-state index in [1.54, 1.807) is 6.07 Å². The van der Waals surface area contributed by atoms with Gasteiger partial charge in [0.25, 0.3) is 0 Å². The highest BCUT2D eigenvalue weighted by molar-refractivity contribution is 6.32. The maximum Gasteiger partial charge on any atom is 0.138 e. The van der Waals surface area contributed by atoms with Gasteiger partial charge in [-0.25, -0.2) is 4.39 Å². The third-order valence-electron chi connectivity index (χ3n) is 2.70. The van der Waals surface area contributed by atoms with Crippen LogP contribution in [0.15, 0.2) is 18.2 Å². The van der Waals surface area contributed by atoms with Crippen molar-refractivity contribution in [1.82, 2.24) is 0 Å². The lowest BCUT2D eigenvalue weighted by atomic mass is 9.88. The van der Waals surface area contributed by atoms with Gasteiger partial charge in [-0.15, -0.1) is 0 Å². The molecule has 1 aromatic carbocycles. The van der Waals surface area contributed by atoms with Crippen molar-refractivity contribution in [2.24, 2.45) is 11.1 Å². The minimum atomic E-state index is -0.355. The van der Waals surface area contributed by atoms with E-state index in [1.807, 2.05) is 0 Å². The first-order valence-corrected chi connectivity index (χ1v) is 6.10. The van der Waals surface area contributed by atoms with Crippen molar-refractivity contribution in [3.63, 3.8) is 0 Å². The summed E-state index contributed by atoms with van der Waals surface area (Å²) in [4.78, 5) is 0. The minimum Gasteiger partial charge on any atom is -0.492 e. The first-order chi connectivity index (χ1) is 7.94. The second-order valence-corrected chi connectivity index (χ2v) is 5.30. The minimum absolute atomic E-state index is 0.135. The average molecular weight is 260 g/mol. The van der Waals surface area contributed by atoms with Crippen molar-refractivity contribution in [1.29, 1.82) is 0 Å². The van der Waals surface area contributed by atoms with Gasteiger partial charge in [-0.05, 0) is 43.0 Å². The van der Waals surface area contributed by atoms with Crippen LogP contribution in [0.25, 0.3) is 0 Å². The molecular formula is C13H19ClFNO. The van der Waals surface area contributed by atoms with Crippen molar-refractivity contribution in [2.75, 3.05) is 13.2 Å². The average Bonchev–Trinajstić information content (AvgIpc) is 2.27. The first kappa shape index (κ1) is 14.3. The number of benzene rings is 1. The standard InChI is InChI=1S/C13H19ClFNO/c1-13(2,9-16)6-3-7-17-12-5-4-10(15)8-11(12)14/h4-5,8H,3,6-7,9,16H2,1-2H3. The summed E-state index contributed by atoms with van der Waals surface area (Å²) in [6.07, 6.45) is 1.89. The van der Waals surface area contributed by atoms with E-state index in [0.717, 1.165) is 12.8 Å². The van der Waals surface area contributed by atoms with E-state index in [4.69, 9.17) is 22.1 Å². The summed E-state index contributed by atoms with van der Waals surface area (Å²) < 4.78 is 18.3. The molecule has 0 atom stereocenters. The summed E-state index contributed by atoms with van der Waals surface area (Å²) in [7, 11) is 0. The summed E-state index contributed by atoms with van der Waals surface area (Å²) in [6.45, 7) is 5.47. The van der Waals surface area contributed by atoms with Gasteiger partial charge in [0.05, 0.1) is 11.6 Å². The molecule has 96 valence electrons. The summed E-state index contributed by atoms with van der Waals surface area (Å²) in [6, 6.07) is 4.14. The highest BCUT2D eigenvalue weighted by Gasteiger charge is 2.14. The molecule has 0 aliphatic heterocycles. The van der Waals surface area contributed by atoms with Gasteiger partial charge in [0.2, 0.25) is 0 Å². The highest BCUT2D eigenvalue weighted by Crippen LogP contribution is 2.26. The topological polar surface area (TPSA) is 35.2 Å². The zero-order valence-corrected chi connectivity index (χ0v) is 11.1. The number of hydrogen-bond acceptors (Lipinski definition) is 2. The number of rotatable bonds is 6. The Kier molecular flexibility index (Phi) is 5.22. The normalized spacial score (nSPS) is 11.6. The quantitative estimate of drug-likeness (QED) is 0.792. The van der Waals surface area contributed by atoms with Gasteiger partial charge in [-0.3, -0.25) is 0 Å².